The number of carbonyl (C=O) groups is 2. The van der Waals surface area contributed by atoms with Gasteiger partial charge in [0.15, 0.2) is 5.89 Å². The Kier molecular flexibility index (Phi) is 4.99. The zero-order valence-corrected chi connectivity index (χ0v) is 16.3. The summed E-state index contributed by atoms with van der Waals surface area (Å²) in [5.74, 6) is 0.353. The Bertz CT molecular complexity index is 1080. The van der Waals surface area contributed by atoms with Crippen LogP contribution in [0.25, 0.3) is 17.3 Å². The summed E-state index contributed by atoms with van der Waals surface area (Å²) >= 11 is 0. The molecule has 146 valence electrons. The van der Waals surface area contributed by atoms with Crippen LogP contribution < -0.4 is 5.32 Å². The highest BCUT2D eigenvalue weighted by molar-refractivity contribution is 5.92. The van der Waals surface area contributed by atoms with Crippen LogP contribution in [0.3, 0.4) is 0 Å². The number of rotatable bonds is 4. The van der Waals surface area contributed by atoms with Crippen molar-refractivity contribution in [3.05, 3.63) is 78.0 Å². The fourth-order valence-corrected chi connectivity index (χ4v) is 3.52. The summed E-state index contributed by atoms with van der Waals surface area (Å²) in [5.41, 5.74) is 4.34. The Morgan fingerprint density at radius 3 is 2.59 bits per heavy atom. The van der Waals surface area contributed by atoms with Crippen LogP contribution in [0, 0.1) is 6.92 Å². The molecule has 0 spiro atoms. The molecule has 6 nitrogen and oxygen atoms in total. The number of carbonyl (C=O) groups excluding carboxylic acids is 2. The molecule has 0 aliphatic carbocycles. The van der Waals surface area contributed by atoms with Crippen molar-refractivity contribution in [2.45, 2.75) is 26.3 Å². The van der Waals surface area contributed by atoms with Crippen LogP contribution >= 0.6 is 0 Å². The van der Waals surface area contributed by atoms with Gasteiger partial charge in [0, 0.05) is 31.3 Å². The third-order valence-electron chi connectivity index (χ3n) is 4.93. The molecule has 1 aliphatic heterocycles. The van der Waals surface area contributed by atoms with Crippen LogP contribution in [0.5, 0.6) is 0 Å². The number of aryl methyl sites for hydroxylation is 1. The molecule has 4 rings (SSSR count). The maximum atomic E-state index is 12.7. The molecule has 0 radical (unpaired) electrons. The quantitative estimate of drug-likeness (QED) is 0.712. The van der Waals surface area contributed by atoms with E-state index in [-0.39, 0.29) is 24.3 Å². The average Bonchev–Trinajstić information content (AvgIpc) is 3.15. The van der Waals surface area contributed by atoms with E-state index in [0.717, 1.165) is 22.4 Å². The van der Waals surface area contributed by atoms with Crippen LogP contribution in [0.1, 0.15) is 36.4 Å². The van der Waals surface area contributed by atoms with Crippen molar-refractivity contribution < 1.29 is 14.0 Å². The molecule has 1 aromatic heterocycles. The third-order valence-corrected chi connectivity index (χ3v) is 4.93. The van der Waals surface area contributed by atoms with Crippen LogP contribution in [-0.2, 0) is 9.59 Å². The van der Waals surface area contributed by atoms with E-state index in [0.29, 0.717) is 11.6 Å². The van der Waals surface area contributed by atoms with Gasteiger partial charge in [-0.25, -0.2) is 4.98 Å². The molecule has 1 atom stereocenters. The lowest BCUT2D eigenvalue weighted by molar-refractivity contribution is -0.129. The highest BCUT2D eigenvalue weighted by Gasteiger charge is 2.28. The minimum Gasteiger partial charge on any atom is -0.449 e. The number of amides is 2. The first kappa shape index (κ1) is 18.7. The van der Waals surface area contributed by atoms with Gasteiger partial charge in [0.05, 0.1) is 12.5 Å². The van der Waals surface area contributed by atoms with Crippen molar-refractivity contribution in [2.75, 3.05) is 5.32 Å². The Morgan fingerprint density at radius 2 is 1.90 bits per heavy atom. The van der Waals surface area contributed by atoms with Gasteiger partial charge in [-0.15, -0.1) is 0 Å². The molecule has 3 aromatic rings. The van der Waals surface area contributed by atoms with Crippen molar-refractivity contribution in [2.24, 2.45) is 0 Å². The lowest BCUT2D eigenvalue weighted by Gasteiger charge is -2.32. The average molecular weight is 387 g/mol. The minimum absolute atomic E-state index is 0.0965. The second kappa shape index (κ2) is 7.75. The Hall–Kier alpha value is -3.67. The second-order valence-corrected chi connectivity index (χ2v) is 6.97. The zero-order valence-electron chi connectivity index (χ0n) is 16.3. The lowest BCUT2D eigenvalue weighted by Crippen LogP contribution is -2.33. The predicted octanol–water partition coefficient (Wildman–Crippen LogP) is 4.55. The number of nitrogens with one attached hydrogen (secondary N) is 1. The normalized spacial score (nSPS) is 15.1. The van der Waals surface area contributed by atoms with Crippen molar-refractivity contribution in [1.82, 2.24) is 9.88 Å². The Morgan fingerprint density at radius 1 is 1.14 bits per heavy atom. The van der Waals surface area contributed by atoms with E-state index in [4.69, 9.17) is 4.42 Å². The highest BCUT2D eigenvalue weighted by atomic mass is 16.3. The maximum absolute atomic E-state index is 12.7. The third kappa shape index (κ3) is 3.96. The summed E-state index contributed by atoms with van der Waals surface area (Å²) < 4.78 is 5.24. The Balaban J connectivity index is 1.48. The predicted molar refractivity (Wildman–Crippen MR) is 111 cm³/mol. The standard InChI is InChI=1S/C23H21N3O3/c1-15-24-21(14-29-15)18-7-9-19(10-8-18)25-23(28)13-22-20-6-4-3-5-17(20)11-12-26(22)16(2)27/h3-12,14,22H,13H2,1-2H3,(H,25,28). The minimum atomic E-state index is -0.328. The van der Waals surface area contributed by atoms with Crippen LogP contribution in [-0.4, -0.2) is 21.7 Å². The molecule has 1 aliphatic rings. The number of benzene rings is 2. The SMILES string of the molecule is CC(=O)N1C=Cc2ccccc2C1CC(=O)Nc1ccc(-c2coc(C)n2)cc1. The molecule has 0 saturated carbocycles. The summed E-state index contributed by atoms with van der Waals surface area (Å²) in [7, 11) is 0. The van der Waals surface area contributed by atoms with Gasteiger partial charge >= 0.3 is 0 Å². The van der Waals surface area contributed by atoms with Crippen LogP contribution in [0.15, 0.2) is 65.4 Å². The fraction of sp³-hybridized carbons (Fsp3) is 0.174. The van der Waals surface area contributed by atoms with E-state index in [9.17, 15) is 9.59 Å². The highest BCUT2D eigenvalue weighted by Crippen LogP contribution is 2.33. The van der Waals surface area contributed by atoms with Gasteiger partial charge in [0.25, 0.3) is 0 Å². The van der Waals surface area contributed by atoms with Crippen molar-refractivity contribution >= 4 is 23.6 Å². The number of oxazole rings is 1. The molecule has 29 heavy (non-hydrogen) atoms. The monoisotopic (exact) mass is 387 g/mol. The molecule has 0 saturated heterocycles. The number of hydrogen-bond acceptors (Lipinski definition) is 4. The van der Waals surface area contributed by atoms with Crippen LogP contribution in [0.2, 0.25) is 0 Å². The first-order valence-electron chi connectivity index (χ1n) is 9.40. The molecular formula is C23H21N3O3. The second-order valence-electron chi connectivity index (χ2n) is 6.97. The number of nitrogens with zero attached hydrogens (tertiary/aromatic N) is 2. The molecule has 6 heteroatoms. The molecule has 1 unspecified atom stereocenters. The number of anilines is 1. The van der Waals surface area contributed by atoms with Crippen molar-refractivity contribution in [1.29, 1.82) is 0 Å². The van der Waals surface area contributed by atoms with Gasteiger partial charge < -0.3 is 14.6 Å². The maximum Gasteiger partial charge on any atom is 0.226 e. The molecule has 2 amide bonds. The van der Waals surface area contributed by atoms with E-state index >= 15 is 0 Å². The summed E-state index contributed by atoms with van der Waals surface area (Å²) in [5, 5.41) is 2.92. The fourth-order valence-electron chi connectivity index (χ4n) is 3.52. The summed E-state index contributed by atoms with van der Waals surface area (Å²) in [6, 6.07) is 14.9. The van der Waals surface area contributed by atoms with Gasteiger partial charge in [-0.05, 0) is 29.3 Å². The molecule has 2 aromatic carbocycles. The summed E-state index contributed by atoms with van der Waals surface area (Å²) in [6.07, 6.45) is 5.42. The lowest BCUT2D eigenvalue weighted by atomic mass is 9.93. The number of aromatic nitrogens is 1. The first-order valence-corrected chi connectivity index (χ1v) is 9.40. The summed E-state index contributed by atoms with van der Waals surface area (Å²) in [6.45, 7) is 3.30. The van der Waals surface area contributed by atoms with E-state index in [1.54, 1.807) is 24.3 Å². The number of fused-ring (bicyclic) bond motifs is 1. The van der Waals surface area contributed by atoms with Crippen LogP contribution in [0.4, 0.5) is 5.69 Å². The smallest absolute Gasteiger partial charge is 0.226 e. The largest absolute Gasteiger partial charge is 0.449 e. The van der Waals surface area contributed by atoms with Gasteiger partial charge in [0.1, 0.15) is 12.0 Å². The first-order chi connectivity index (χ1) is 14.0. The van der Waals surface area contributed by atoms with Gasteiger partial charge in [0.2, 0.25) is 11.8 Å². The molecule has 1 N–H and O–H groups in total. The topological polar surface area (TPSA) is 75.4 Å². The van der Waals surface area contributed by atoms with Gasteiger partial charge in [-0.2, -0.15) is 0 Å². The molecule has 0 bridgehead atoms. The van der Waals surface area contributed by atoms with E-state index in [1.807, 2.05) is 54.6 Å². The van der Waals surface area contributed by atoms with E-state index in [1.165, 1.54) is 6.92 Å². The zero-order chi connectivity index (χ0) is 20.4. The van der Waals surface area contributed by atoms with E-state index in [2.05, 4.69) is 10.3 Å². The molecule has 0 fully saturated rings. The summed E-state index contributed by atoms with van der Waals surface area (Å²) in [4.78, 5) is 30.7. The van der Waals surface area contributed by atoms with Crippen molar-refractivity contribution in [3.8, 4) is 11.3 Å². The number of hydrogen-bond donors (Lipinski definition) is 1. The molecular weight excluding hydrogens is 366 g/mol. The van der Waals surface area contributed by atoms with Gasteiger partial charge in [-0.1, -0.05) is 36.4 Å². The van der Waals surface area contributed by atoms with Gasteiger partial charge in [-0.3, -0.25) is 9.59 Å². The Labute approximate surface area is 168 Å². The molecule has 2 heterocycles. The van der Waals surface area contributed by atoms with E-state index < -0.39 is 0 Å². The van der Waals surface area contributed by atoms with Crippen molar-refractivity contribution in [3.63, 3.8) is 0 Å².